The van der Waals surface area contributed by atoms with Gasteiger partial charge in [0.1, 0.15) is 10.7 Å². The number of anilines is 1. The molecule has 6 nitrogen and oxygen atoms in total. The van der Waals surface area contributed by atoms with Crippen LogP contribution in [0.3, 0.4) is 0 Å². The molecule has 0 atom stereocenters. The van der Waals surface area contributed by atoms with E-state index in [-0.39, 0.29) is 11.3 Å². The van der Waals surface area contributed by atoms with Crippen molar-refractivity contribution in [1.29, 1.82) is 0 Å². The standard InChI is InChI=1S/C12H18FN3O3S/c1-7-5-8(14)6-9(10(7)13)20(18,19)16-11(17)15-12(2,3)4/h5-6H,14H2,1-4H3,(H2,15,16,17). The monoisotopic (exact) mass is 303 g/mol. The van der Waals surface area contributed by atoms with E-state index in [1.165, 1.54) is 13.0 Å². The Kier molecular flexibility index (Phi) is 4.28. The first-order valence-corrected chi connectivity index (χ1v) is 7.31. The summed E-state index contributed by atoms with van der Waals surface area (Å²) >= 11 is 0. The van der Waals surface area contributed by atoms with Gasteiger partial charge in [-0.3, -0.25) is 0 Å². The minimum atomic E-state index is -4.32. The molecular weight excluding hydrogens is 285 g/mol. The number of aryl methyl sites for hydroxylation is 1. The van der Waals surface area contributed by atoms with E-state index >= 15 is 0 Å². The molecule has 8 heteroatoms. The Morgan fingerprint density at radius 3 is 2.35 bits per heavy atom. The Morgan fingerprint density at radius 2 is 1.85 bits per heavy atom. The Bertz CT molecular complexity index is 636. The molecule has 0 fully saturated rings. The van der Waals surface area contributed by atoms with Crippen molar-refractivity contribution in [2.75, 3.05) is 5.73 Å². The first-order chi connectivity index (χ1) is 8.92. The zero-order valence-corrected chi connectivity index (χ0v) is 12.6. The van der Waals surface area contributed by atoms with Crippen molar-refractivity contribution in [3.63, 3.8) is 0 Å². The smallest absolute Gasteiger partial charge is 0.329 e. The zero-order chi connectivity index (χ0) is 15.7. The molecule has 0 saturated carbocycles. The lowest BCUT2D eigenvalue weighted by atomic mass is 10.1. The number of nitrogens with one attached hydrogen (secondary N) is 2. The summed E-state index contributed by atoms with van der Waals surface area (Å²) in [5.41, 5.74) is 5.06. The van der Waals surface area contributed by atoms with Gasteiger partial charge in [-0.2, -0.15) is 0 Å². The number of amides is 2. The second-order valence-electron chi connectivity index (χ2n) is 5.46. The SMILES string of the molecule is Cc1cc(N)cc(S(=O)(=O)NC(=O)NC(C)(C)C)c1F. The number of hydrogen-bond donors (Lipinski definition) is 3. The molecule has 1 aromatic rings. The highest BCUT2D eigenvalue weighted by Gasteiger charge is 2.25. The van der Waals surface area contributed by atoms with Gasteiger partial charge < -0.3 is 11.1 Å². The highest BCUT2D eigenvalue weighted by Crippen LogP contribution is 2.21. The second kappa shape index (κ2) is 5.28. The maximum atomic E-state index is 13.9. The summed E-state index contributed by atoms with van der Waals surface area (Å²) in [4.78, 5) is 10.9. The average Bonchev–Trinajstić information content (AvgIpc) is 2.19. The molecule has 0 aliphatic carbocycles. The first kappa shape index (κ1) is 16.2. The van der Waals surface area contributed by atoms with Crippen LogP contribution in [0.4, 0.5) is 14.9 Å². The van der Waals surface area contributed by atoms with Crippen LogP contribution in [-0.4, -0.2) is 20.0 Å². The van der Waals surface area contributed by atoms with Gasteiger partial charge in [0.2, 0.25) is 0 Å². The van der Waals surface area contributed by atoms with Crippen molar-refractivity contribution in [1.82, 2.24) is 10.0 Å². The molecule has 0 heterocycles. The van der Waals surface area contributed by atoms with Gasteiger partial charge in [0.25, 0.3) is 10.0 Å². The number of carbonyl (C=O) groups excluding carboxylic acids is 1. The van der Waals surface area contributed by atoms with Crippen LogP contribution in [0.25, 0.3) is 0 Å². The number of halogens is 1. The molecule has 0 spiro atoms. The van der Waals surface area contributed by atoms with Crippen molar-refractivity contribution in [3.8, 4) is 0 Å². The Morgan fingerprint density at radius 1 is 1.30 bits per heavy atom. The van der Waals surface area contributed by atoms with Crippen LogP contribution in [0.5, 0.6) is 0 Å². The molecule has 0 aliphatic heterocycles. The van der Waals surface area contributed by atoms with Crippen LogP contribution in [-0.2, 0) is 10.0 Å². The summed E-state index contributed by atoms with van der Waals surface area (Å²) in [5.74, 6) is -0.935. The lowest BCUT2D eigenvalue weighted by Gasteiger charge is -2.20. The van der Waals surface area contributed by atoms with Crippen LogP contribution in [0.1, 0.15) is 26.3 Å². The fourth-order valence-corrected chi connectivity index (χ4v) is 2.60. The molecule has 1 aromatic carbocycles. The van der Waals surface area contributed by atoms with Crippen LogP contribution >= 0.6 is 0 Å². The van der Waals surface area contributed by atoms with Gasteiger partial charge in [0, 0.05) is 11.2 Å². The Labute approximate surface area is 117 Å². The molecule has 0 saturated heterocycles. The van der Waals surface area contributed by atoms with Gasteiger partial charge in [-0.15, -0.1) is 0 Å². The lowest BCUT2D eigenvalue weighted by Crippen LogP contribution is -2.48. The molecule has 0 bridgehead atoms. The van der Waals surface area contributed by atoms with E-state index in [1.54, 1.807) is 25.5 Å². The normalized spacial score (nSPS) is 12.1. The predicted octanol–water partition coefficient (Wildman–Crippen LogP) is 1.50. The molecule has 4 N–H and O–H groups in total. The third kappa shape index (κ3) is 4.09. The van der Waals surface area contributed by atoms with E-state index in [4.69, 9.17) is 5.73 Å². The largest absolute Gasteiger partial charge is 0.399 e. The minimum Gasteiger partial charge on any atom is -0.399 e. The van der Waals surface area contributed by atoms with Crippen molar-refractivity contribution < 1.29 is 17.6 Å². The van der Waals surface area contributed by atoms with Crippen LogP contribution in [0, 0.1) is 12.7 Å². The van der Waals surface area contributed by atoms with Crippen LogP contribution < -0.4 is 15.8 Å². The third-order valence-electron chi connectivity index (χ3n) is 2.25. The maximum Gasteiger partial charge on any atom is 0.329 e. The number of nitrogen functional groups attached to an aromatic ring is 1. The highest BCUT2D eigenvalue weighted by molar-refractivity contribution is 7.90. The van der Waals surface area contributed by atoms with E-state index in [0.717, 1.165) is 6.07 Å². The summed E-state index contributed by atoms with van der Waals surface area (Å²) < 4.78 is 39.6. The van der Waals surface area contributed by atoms with E-state index in [1.807, 2.05) is 0 Å². The van der Waals surface area contributed by atoms with Gasteiger partial charge >= 0.3 is 6.03 Å². The molecule has 0 unspecified atom stereocenters. The molecule has 20 heavy (non-hydrogen) atoms. The summed E-state index contributed by atoms with van der Waals surface area (Å²) in [6, 6.07) is 1.34. The quantitative estimate of drug-likeness (QED) is 0.721. The number of benzene rings is 1. The van der Waals surface area contributed by atoms with Gasteiger partial charge in [-0.05, 0) is 45.4 Å². The van der Waals surface area contributed by atoms with E-state index in [2.05, 4.69) is 5.32 Å². The van der Waals surface area contributed by atoms with Crippen LogP contribution in [0.15, 0.2) is 17.0 Å². The van der Waals surface area contributed by atoms with Crippen molar-refractivity contribution in [2.45, 2.75) is 38.1 Å². The lowest BCUT2D eigenvalue weighted by molar-refractivity contribution is 0.237. The zero-order valence-electron chi connectivity index (χ0n) is 11.7. The van der Waals surface area contributed by atoms with E-state index in [9.17, 15) is 17.6 Å². The molecule has 0 radical (unpaired) electrons. The molecule has 112 valence electrons. The van der Waals surface area contributed by atoms with Gasteiger partial charge in [-0.25, -0.2) is 22.3 Å². The molecule has 1 rings (SSSR count). The predicted molar refractivity (Wildman–Crippen MR) is 74.2 cm³/mol. The van der Waals surface area contributed by atoms with E-state index < -0.39 is 32.3 Å². The Hall–Kier alpha value is -1.83. The second-order valence-corrected chi connectivity index (χ2v) is 7.11. The van der Waals surface area contributed by atoms with Crippen molar-refractivity contribution in [3.05, 3.63) is 23.5 Å². The minimum absolute atomic E-state index is 0.0848. The first-order valence-electron chi connectivity index (χ1n) is 5.83. The number of nitrogens with two attached hydrogens (primary N) is 1. The number of hydrogen-bond acceptors (Lipinski definition) is 4. The third-order valence-corrected chi connectivity index (χ3v) is 3.58. The van der Waals surface area contributed by atoms with Crippen LogP contribution in [0.2, 0.25) is 0 Å². The number of carbonyl (C=O) groups is 1. The average molecular weight is 303 g/mol. The summed E-state index contributed by atoms with van der Waals surface area (Å²) in [6.07, 6.45) is 0. The number of rotatable bonds is 2. The summed E-state index contributed by atoms with van der Waals surface area (Å²) in [5, 5.41) is 2.41. The van der Waals surface area contributed by atoms with Gasteiger partial charge in [-0.1, -0.05) is 0 Å². The summed E-state index contributed by atoms with van der Waals surface area (Å²) in [6.45, 7) is 6.44. The number of sulfonamides is 1. The Balaban J connectivity index is 3.10. The highest BCUT2D eigenvalue weighted by atomic mass is 32.2. The summed E-state index contributed by atoms with van der Waals surface area (Å²) in [7, 11) is -4.32. The van der Waals surface area contributed by atoms with Gasteiger partial charge in [0.15, 0.2) is 0 Å². The topological polar surface area (TPSA) is 101 Å². The van der Waals surface area contributed by atoms with Gasteiger partial charge in [0.05, 0.1) is 0 Å². The fraction of sp³-hybridized carbons (Fsp3) is 0.417. The molecule has 2 amide bonds. The maximum absolute atomic E-state index is 13.9. The molecule has 0 aromatic heterocycles. The van der Waals surface area contributed by atoms with Crippen molar-refractivity contribution >= 4 is 21.7 Å². The molecular formula is C12H18FN3O3S. The van der Waals surface area contributed by atoms with E-state index in [0.29, 0.717) is 0 Å². The fourth-order valence-electron chi connectivity index (χ4n) is 1.50. The van der Waals surface area contributed by atoms with Crippen molar-refractivity contribution in [2.24, 2.45) is 0 Å². The molecule has 0 aliphatic rings. The number of urea groups is 1.